The van der Waals surface area contributed by atoms with Crippen LogP contribution in [-0.2, 0) is 12.4 Å². The summed E-state index contributed by atoms with van der Waals surface area (Å²) in [4.78, 5) is 5.28. The van der Waals surface area contributed by atoms with Gasteiger partial charge in [0.15, 0.2) is 0 Å². The Morgan fingerprint density at radius 1 is 0.183 bits per heavy atom. The molecule has 0 unspecified atom stereocenters. The summed E-state index contributed by atoms with van der Waals surface area (Å²) in [5, 5.41) is 4.64. The first-order valence-electron chi connectivity index (χ1n) is 63.7. The number of anilines is 12. The highest BCUT2D eigenvalue weighted by molar-refractivity contribution is 6.31. The summed E-state index contributed by atoms with van der Waals surface area (Å²) in [6.07, 6.45) is -10.9. The van der Waals surface area contributed by atoms with E-state index in [0.717, 1.165) is 21.9 Å². The number of alkyl halides is 6. The fraction of sp³-hybridized carbons (Fsp3) is 0.0154. The monoisotopic (exact) mass is 1890 g/mol. The second-order valence-electron chi connectivity index (χ2n) is 32.4. The van der Waals surface area contributed by atoms with Crippen LogP contribution in [0.2, 0.25) is 0 Å². The molecule has 12 heteroatoms. The van der Waals surface area contributed by atoms with E-state index < -0.39 is 333 Å². The zero-order valence-electron chi connectivity index (χ0n) is 113. The van der Waals surface area contributed by atoms with E-state index in [1.807, 2.05) is 6.07 Å². The van der Waals surface area contributed by atoms with Crippen molar-refractivity contribution < 1.29 is 90.0 Å². The van der Waals surface area contributed by atoms with Gasteiger partial charge in [-0.2, -0.15) is 26.3 Å². The first-order chi connectivity index (χ1) is 86.2. The molecule has 0 fully saturated rings. The molecule has 0 atom stereocenters. The maximum Gasteiger partial charge on any atom is 0.418 e. The van der Waals surface area contributed by atoms with Gasteiger partial charge in [0.25, 0.3) is 0 Å². The molecule has 0 saturated carbocycles. The molecule has 4 nitrogen and oxygen atoms in total. The van der Waals surface area contributed by atoms with E-state index in [2.05, 4.69) is 0 Å². The van der Waals surface area contributed by atoms with Crippen LogP contribution in [0.15, 0.2) is 509 Å². The Bertz CT molecular complexity index is 11200. The topological polar surface area (TPSA) is 13.0 Å². The summed E-state index contributed by atoms with van der Waals surface area (Å²) >= 11 is 0. The van der Waals surface area contributed by atoms with E-state index >= 15 is 35.1 Å². The minimum Gasteiger partial charge on any atom is -0.309 e. The van der Waals surface area contributed by atoms with Crippen molar-refractivity contribution in [1.82, 2.24) is 0 Å². The fourth-order valence-electron chi connectivity index (χ4n) is 18.5. The molecule has 0 amide bonds. The van der Waals surface area contributed by atoms with Crippen molar-refractivity contribution >= 4 is 133 Å². The van der Waals surface area contributed by atoms with Crippen LogP contribution in [0.1, 0.15) is 66.0 Å². The largest absolute Gasteiger partial charge is 0.418 e. The molecule has 142 heavy (non-hydrogen) atoms. The van der Waals surface area contributed by atoms with Gasteiger partial charge in [-0.05, 0) is 231 Å². The van der Waals surface area contributed by atoms with Crippen LogP contribution in [-0.4, -0.2) is 0 Å². The standard InChI is InChI=1S/C66H42F6N2.C64H42F2N2/c67-65(68,69)57-40-49(43-20-7-1-8-21-43)38-55(45-24-11-3-12-25-45)63(57)73(51-29-15-5-16-30-51)59-37-35-48-42-60(53-33-19-28-47-34-36-54(59)62(48)61(47)53)74(52-31-17-6-18-32-52)64-56(46-26-13-4-14-27-46)39-50(41-58(64)66(70,71)72)44-22-9-2-10-23-44;65-55-28-13-15-30-60(55)67(58-37-33-48(43-18-5-1-6-19-43)40-53(58)45-22-9-3-10-23-45)57-39-35-50-42-62(51-27-17-26-47-32-36-52(57)64(50)63(47)51)68(61-31-16-14-29-56(61)66)59-38-34-49(44-20-7-2-8-21-44)41-54(59)46-24-11-4-12-25-46/h1-42H;1-42H/i1D,2D,3D,4D,7D,8D,9D,10D,11D,12D,13D,14D,20D,21D,22D,23D,24D,25D,26D,27D;1D,2D,3D,4D,5D,6D,7D,8D,9D,10D,11D,12D,18D,19D,20D,21D,22D,23D,24D,25D. The maximum absolute atomic E-state index is 17.1. The Morgan fingerprint density at radius 3 is 0.817 bits per heavy atom. The summed E-state index contributed by atoms with van der Waals surface area (Å²) in [6.45, 7) is 0. The van der Waals surface area contributed by atoms with E-state index in [1.54, 1.807) is 97.1 Å². The smallest absolute Gasteiger partial charge is 0.309 e. The Balaban J connectivity index is 0.000000191. The number of halogens is 8. The Hall–Kier alpha value is -18.0. The molecule has 0 N–H and O–H groups in total. The van der Waals surface area contributed by atoms with Gasteiger partial charge in [-0.1, -0.05) is 387 Å². The summed E-state index contributed by atoms with van der Waals surface area (Å²) in [7, 11) is 0. The van der Waals surface area contributed by atoms with Gasteiger partial charge < -0.3 is 19.6 Å². The van der Waals surface area contributed by atoms with E-state index in [0.29, 0.717) is 49.8 Å². The molecule has 680 valence electrons. The molecule has 24 aromatic carbocycles. The SMILES string of the molecule is [2H]c1c([2H])c([2H])c(-c2cc(-c3c([2H])c([2H])c([2H])c([2H])c3[2H])c(N(c3ccccc3)c3cc4ccc(N(c5ccccc5)c5c(-c6c([2H])c([2H])c([2H])c([2H])c6[2H])cc(-c6c([2H])c([2H])c([2H])c([2H])c6[2H])cc5C(F)(F)F)c5ccc6cccc3c6c45)c(C(F)(F)F)c2)c([2H])c1[2H].[2H]c1c([2H])c([2H])c(-c2ccc(N(c3ccccc3F)c3cc4ccc(N(c5ccccc5F)c5ccc(-c6c([2H])c([2H])c([2H])c([2H])c6[2H])cc5-c5c([2H])c([2H])c([2H])c([2H])c5[2H])c5ccc6cccc3c6c45)c(-c3c([2H])c([2H])c([2H])c([2H])c3[2H])c2)c([2H])c1[2H]. The quantitative estimate of drug-likeness (QED) is 0.0557. The highest BCUT2D eigenvalue weighted by Crippen LogP contribution is 2.59. The minimum atomic E-state index is -5.47. The van der Waals surface area contributed by atoms with Crippen molar-refractivity contribution in [3.05, 3.63) is 531 Å². The lowest BCUT2D eigenvalue weighted by atomic mass is 9.89. The highest BCUT2D eigenvalue weighted by atomic mass is 19.4. The summed E-state index contributed by atoms with van der Waals surface area (Å²) < 4.78 is 484. The van der Waals surface area contributed by atoms with Crippen LogP contribution in [0.25, 0.3) is 154 Å². The number of benzene rings is 24. The van der Waals surface area contributed by atoms with Crippen molar-refractivity contribution in [2.24, 2.45) is 0 Å². The number of rotatable bonds is 20. The number of para-hydroxylation sites is 4. The lowest BCUT2D eigenvalue weighted by Crippen LogP contribution is -2.19. The van der Waals surface area contributed by atoms with Gasteiger partial charge in [0.2, 0.25) is 0 Å². The third-order valence-electron chi connectivity index (χ3n) is 24.4. The molecule has 0 aliphatic carbocycles. The second-order valence-corrected chi connectivity index (χ2v) is 32.4. The van der Waals surface area contributed by atoms with Crippen LogP contribution in [0.4, 0.5) is 103 Å². The summed E-state index contributed by atoms with van der Waals surface area (Å²) in [5.74, 6) is -1.52. The number of hydrogen-bond donors (Lipinski definition) is 0. The van der Waals surface area contributed by atoms with Gasteiger partial charge in [0.05, 0.1) is 123 Å². The summed E-state index contributed by atoms with van der Waals surface area (Å²) in [5.41, 5.74) is -11.6. The molecule has 0 heterocycles. The van der Waals surface area contributed by atoms with Crippen LogP contribution in [0.5, 0.6) is 0 Å². The van der Waals surface area contributed by atoms with Crippen molar-refractivity contribution in [2.75, 3.05) is 19.6 Å². The predicted octanol–water partition coefficient (Wildman–Crippen LogP) is 38.7. The van der Waals surface area contributed by atoms with Crippen molar-refractivity contribution in [2.45, 2.75) is 12.4 Å². The van der Waals surface area contributed by atoms with Gasteiger partial charge in [-0.3, -0.25) is 0 Å². The Labute approximate surface area is 872 Å². The van der Waals surface area contributed by atoms with Crippen molar-refractivity contribution in [3.63, 3.8) is 0 Å². The molecule has 0 aromatic heterocycles. The molecule has 0 aliphatic rings. The average molecular weight is 1890 g/mol. The third kappa shape index (κ3) is 16.4. The molecule has 0 saturated heterocycles. The highest BCUT2D eigenvalue weighted by Gasteiger charge is 2.42. The lowest BCUT2D eigenvalue weighted by Gasteiger charge is -2.34. The zero-order valence-corrected chi connectivity index (χ0v) is 73.2. The van der Waals surface area contributed by atoms with Gasteiger partial charge in [-0.25, -0.2) is 8.78 Å². The molecule has 0 aliphatic heterocycles. The van der Waals surface area contributed by atoms with Crippen LogP contribution in [0, 0.1) is 11.6 Å². The molecule has 0 spiro atoms. The minimum absolute atomic E-state index is 0.0104. The van der Waals surface area contributed by atoms with Crippen LogP contribution >= 0.6 is 0 Å². The molecule has 24 aromatic rings. The second kappa shape index (κ2) is 37.1. The third-order valence-corrected chi connectivity index (χ3v) is 24.4. The number of nitrogens with zero attached hydrogens (tertiary/aromatic N) is 4. The van der Waals surface area contributed by atoms with Gasteiger partial charge in [0, 0.05) is 55.2 Å². The first-order valence-corrected chi connectivity index (χ1v) is 43.7. The average Bonchev–Trinajstić information content (AvgIpc) is 0.706. The molecule has 0 radical (unpaired) electrons. The normalized spacial score (nSPS) is 15.6. The molecular formula is C130H84F8N4. The Morgan fingerprint density at radius 2 is 0.458 bits per heavy atom. The van der Waals surface area contributed by atoms with Gasteiger partial charge in [-0.15, -0.1) is 0 Å². The lowest BCUT2D eigenvalue weighted by molar-refractivity contribution is -0.137. The molecule has 24 rings (SSSR count). The zero-order chi connectivity index (χ0) is 131. The maximum atomic E-state index is 17.1. The fourth-order valence-corrected chi connectivity index (χ4v) is 18.5. The van der Waals surface area contributed by atoms with E-state index in [-0.39, 0.29) is 128 Å². The van der Waals surface area contributed by atoms with Gasteiger partial charge in [0.1, 0.15) is 11.6 Å². The van der Waals surface area contributed by atoms with Crippen LogP contribution in [0.3, 0.4) is 0 Å². The van der Waals surface area contributed by atoms with Gasteiger partial charge >= 0.3 is 12.4 Å². The van der Waals surface area contributed by atoms with E-state index in [9.17, 15) is 11.0 Å². The van der Waals surface area contributed by atoms with E-state index in [4.69, 9.17) is 43.9 Å². The van der Waals surface area contributed by atoms with Crippen molar-refractivity contribution in [3.8, 4) is 89.0 Å². The predicted molar refractivity (Wildman–Crippen MR) is 572 cm³/mol. The first kappa shape index (κ1) is 54.2. The van der Waals surface area contributed by atoms with Crippen molar-refractivity contribution in [1.29, 1.82) is 0 Å². The summed E-state index contributed by atoms with van der Waals surface area (Å²) in [6, 6.07) is 32.5. The Kier molecular flexibility index (Phi) is 14.2. The van der Waals surface area contributed by atoms with E-state index in [1.165, 1.54) is 149 Å². The molecular weight excluding hydrogens is 1770 g/mol. The number of hydrogen-bond acceptors (Lipinski definition) is 4. The van der Waals surface area contributed by atoms with Crippen LogP contribution < -0.4 is 19.6 Å². The molecule has 0 bridgehead atoms.